The van der Waals surface area contributed by atoms with Crippen molar-refractivity contribution < 1.29 is 13.2 Å². The van der Waals surface area contributed by atoms with E-state index >= 15 is 0 Å². The van der Waals surface area contributed by atoms with Crippen LogP contribution in [0.4, 0.5) is 5.69 Å². The standard InChI is InChI=1S/C22H28N2O3S/c1-4-5-6-13-23-22(25)18-9-12-21-19(15-18)14-17(3)24(21)28(26,27)20-10-7-16(2)8-11-20/h7-12,15,17H,4-6,13-14H2,1-3H3,(H,23,25)/t17-/m0/s1. The molecule has 1 aliphatic heterocycles. The van der Waals surface area contributed by atoms with Crippen LogP contribution in [-0.4, -0.2) is 26.9 Å². The maximum absolute atomic E-state index is 13.2. The van der Waals surface area contributed by atoms with E-state index in [0.29, 0.717) is 24.2 Å². The van der Waals surface area contributed by atoms with Crippen LogP contribution in [0.5, 0.6) is 0 Å². The molecule has 0 bridgehead atoms. The van der Waals surface area contributed by atoms with E-state index in [4.69, 9.17) is 0 Å². The second-order valence-corrected chi connectivity index (χ2v) is 9.29. The Balaban J connectivity index is 1.84. The minimum absolute atomic E-state index is 0.105. The Bertz CT molecular complexity index is 952. The molecule has 5 nitrogen and oxygen atoms in total. The highest BCUT2D eigenvalue weighted by molar-refractivity contribution is 7.92. The fourth-order valence-corrected chi connectivity index (χ4v) is 5.31. The molecule has 0 aromatic heterocycles. The summed E-state index contributed by atoms with van der Waals surface area (Å²) in [7, 11) is -3.64. The molecule has 1 aliphatic rings. The number of hydrogen-bond acceptors (Lipinski definition) is 3. The second kappa shape index (κ2) is 8.35. The van der Waals surface area contributed by atoms with Crippen molar-refractivity contribution in [1.82, 2.24) is 5.32 Å². The summed E-state index contributed by atoms with van der Waals surface area (Å²) in [5.74, 6) is -0.105. The molecule has 3 rings (SSSR count). The summed E-state index contributed by atoms with van der Waals surface area (Å²) in [6.45, 7) is 6.61. The van der Waals surface area contributed by atoms with Gasteiger partial charge in [0.15, 0.2) is 0 Å². The summed E-state index contributed by atoms with van der Waals surface area (Å²) in [6.07, 6.45) is 3.76. The Kier molecular flexibility index (Phi) is 6.08. The molecule has 0 fully saturated rings. The van der Waals surface area contributed by atoms with E-state index in [1.165, 1.54) is 4.31 Å². The molecule has 0 saturated heterocycles. The van der Waals surface area contributed by atoms with Crippen LogP contribution in [0.2, 0.25) is 0 Å². The number of aryl methyl sites for hydroxylation is 1. The average molecular weight is 401 g/mol. The number of sulfonamides is 1. The fourth-order valence-electron chi connectivity index (χ4n) is 3.61. The highest BCUT2D eigenvalue weighted by Gasteiger charge is 2.36. The Hall–Kier alpha value is -2.34. The number of unbranched alkanes of at least 4 members (excludes halogenated alkanes) is 2. The van der Waals surface area contributed by atoms with Crippen molar-refractivity contribution in [3.05, 3.63) is 59.2 Å². The van der Waals surface area contributed by atoms with Gasteiger partial charge in [-0.1, -0.05) is 37.5 Å². The van der Waals surface area contributed by atoms with Crippen molar-refractivity contribution in [1.29, 1.82) is 0 Å². The molecule has 0 aliphatic carbocycles. The number of hydrogen-bond donors (Lipinski definition) is 1. The maximum atomic E-state index is 13.2. The zero-order valence-corrected chi connectivity index (χ0v) is 17.6. The zero-order valence-electron chi connectivity index (χ0n) is 16.7. The smallest absolute Gasteiger partial charge is 0.264 e. The summed E-state index contributed by atoms with van der Waals surface area (Å²) in [5, 5.41) is 2.94. The molecule has 0 spiro atoms. The molecule has 1 heterocycles. The van der Waals surface area contributed by atoms with E-state index in [9.17, 15) is 13.2 Å². The van der Waals surface area contributed by atoms with Crippen LogP contribution in [0.1, 0.15) is 54.6 Å². The molecule has 0 unspecified atom stereocenters. The van der Waals surface area contributed by atoms with Crippen molar-refractivity contribution in [3.8, 4) is 0 Å². The number of amides is 1. The van der Waals surface area contributed by atoms with Crippen LogP contribution < -0.4 is 9.62 Å². The van der Waals surface area contributed by atoms with Gasteiger partial charge in [0.2, 0.25) is 0 Å². The molecule has 2 aromatic carbocycles. The molecule has 28 heavy (non-hydrogen) atoms. The van der Waals surface area contributed by atoms with Gasteiger partial charge in [0.1, 0.15) is 0 Å². The molecule has 1 amide bonds. The molecule has 2 aromatic rings. The van der Waals surface area contributed by atoms with Crippen molar-refractivity contribution in [3.63, 3.8) is 0 Å². The molecular weight excluding hydrogens is 372 g/mol. The lowest BCUT2D eigenvalue weighted by molar-refractivity contribution is 0.0953. The molecule has 1 atom stereocenters. The first kappa shape index (κ1) is 20.4. The lowest BCUT2D eigenvalue weighted by atomic mass is 10.1. The molecule has 1 N–H and O–H groups in total. The van der Waals surface area contributed by atoms with Gasteiger partial charge >= 0.3 is 0 Å². The Labute approximate surface area is 167 Å². The van der Waals surface area contributed by atoms with Crippen LogP contribution >= 0.6 is 0 Å². The van der Waals surface area contributed by atoms with Gasteiger partial charge in [-0.25, -0.2) is 8.42 Å². The van der Waals surface area contributed by atoms with Gasteiger partial charge in [0, 0.05) is 18.2 Å². The van der Waals surface area contributed by atoms with E-state index < -0.39 is 10.0 Å². The number of benzene rings is 2. The Morgan fingerprint density at radius 1 is 1.14 bits per heavy atom. The van der Waals surface area contributed by atoms with E-state index in [-0.39, 0.29) is 16.8 Å². The van der Waals surface area contributed by atoms with Gasteiger partial charge in [-0.2, -0.15) is 0 Å². The third-order valence-corrected chi connectivity index (χ3v) is 7.08. The highest BCUT2D eigenvalue weighted by Crippen LogP contribution is 2.37. The van der Waals surface area contributed by atoms with E-state index in [1.54, 1.807) is 36.4 Å². The van der Waals surface area contributed by atoms with Crippen LogP contribution in [-0.2, 0) is 16.4 Å². The number of nitrogens with zero attached hydrogens (tertiary/aromatic N) is 1. The topological polar surface area (TPSA) is 66.5 Å². The lowest BCUT2D eigenvalue weighted by Crippen LogP contribution is -2.35. The summed E-state index contributed by atoms with van der Waals surface area (Å²) in [4.78, 5) is 12.7. The number of nitrogens with one attached hydrogen (secondary N) is 1. The van der Waals surface area contributed by atoms with Gasteiger partial charge in [-0.3, -0.25) is 9.10 Å². The van der Waals surface area contributed by atoms with Crippen molar-refractivity contribution in [2.75, 3.05) is 10.8 Å². The van der Waals surface area contributed by atoms with Crippen molar-refractivity contribution >= 4 is 21.6 Å². The first-order valence-corrected chi connectivity index (χ1v) is 11.3. The first-order valence-electron chi connectivity index (χ1n) is 9.87. The van der Waals surface area contributed by atoms with Crippen LogP contribution in [0.25, 0.3) is 0 Å². The van der Waals surface area contributed by atoms with Gasteiger partial charge in [-0.15, -0.1) is 0 Å². The van der Waals surface area contributed by atoms with Gasteiger partial charge < -0.3 is 5.32 Å². The summed E-state index contributed by atoms with van der Waals surface area (Å²) in [6, 6.07) is 12.0. The average Bonchev–Trinajstić information content (AvgIpc) is 3.01. The molecule has 0 radical (unpaired) electrons. The van der Waals surface area contributed by atoms with E-state index in [1.807, 2.05) is 19.9 Å². The minimum Gasteiger partial charge on any atom is -0.352 e. The summed E-state index contributed by atoms with van der Waals surface area (Å²) >= 11 is 0. The predicted octanol–water partition coefficient (Wildman–Crippen LogP) is 4.05. The van der Waals surface area contributed by atoms with E-state index in [0.717, 1.165) is 30.4 Å². The van der Waals surface area contributed by atoms with Gasteiger partial charge in [-0.05, 0) is 62.6 Å². The predicted molar refractivity (Wildman–Crippen MR) is 112 cm³/mol. The number of rotatable bonds is 7. The number of fused-ring (bicyclic) bond motifs is 1. The lowest BCUT2D eigenvalue weighted by Gasteiger charge is -2.24. The van der Waals surface area contributed by atoms with Gasteiger partial charge in [0.05, 0.1) is 10.6 Å². The number of carbonyl (C=O) groups excluding carboxylic acids is 1. The monoisotopic (exact) mass is 400 g/mol. The van der Waals surface area contributed by atoms with Crippen LogP contribution in [0.15, 0.2) is 47.4 Å². The number of anilines is 1. The third kappa shape index (κ3) is 4.07. The molecule has 150 valence electrons. The van der Waals surface area contributed by atoms with Crippen molar-refractivity contribution in [2.24, 2.45) is 0 Å². The quantitative estimate of drug-likeness (QED) is 0.713. The van der Waals surface area contributed by atoms with E-state index in [2.05, 4.69) is 12.2 Å². The summed E-state index contributed by atoms with van der Waals surface area (Å²) < 4.78 is 27.9. The van der Waals surface area contributed by atoms with Crippen LogP contribution in [0, 0.1) is 6.92 Å². The molecule has 0 saturated carbocycles. The summed E-state index contributed by atoms with van der Waals surface area (Å²) in [5.41, 5.74) is 3.15. The zero-order chi connectivity index (χ0) is 20.3. The SMILES string of the molecule is CCCCCNC(=O)c1ccc2c(c1)C[C@H](C)N2S(=O)(=O)c1ccc(C)cc1. The first-order chi connectivity index (χ1) is 13.3. The third-order valence-electron chi connectivity index (χ3n) is 5.14. The Morgan fingerprint density at radius 3 is 2.54 bits per heavy atom. The Morgan fingerprint density at radius 2 is 1.86 bits per heavy atom. The maximum Gasteiger partial charge on any atom is 0.264 e. The van der Waals surface area contributed by atoms with Crippen molar-refractivity contribution in [2.45, 2.75) is 57.4 Å². The van der Waals surface area contributed by atoms with Crippen LogP contribution in [0.3, 0.4) is 0 Å². The molecular formula is C22H28N2O3S. The molecule has 6 heteroatoms. The fraction of sp³-hybridized carbons (Fsp3) is 0.409. The number of carbonyl (C=O) groups is 1. The second-order valence-electron chi connectivity index (χ2n) is 7.47. The minimum atomic E-state index is -3.64. The normalized spacial score (nSPS) is 16.1. The largest absolute Gasteiger partial charge is 0.352 e. The van der Waals surface area contributed by atoms with Gasteiger partial charge in [0.25, 0.3) is 15.9 Å². The highest BCUT2D eigenvalue weighted by atomic mass is 32.2.